The van der Waals surface area contributed by atoms with Gasteiger partial charge in [-0.3, -0.25) is 4.79 Å². The minimum atomic E-state index is -0.0241. The summed E-state index contributed by atoms with van der Waals surface area (Å²) in [6.45, 7) is 0. The Labute approximate surface area is 113 Å². The first-order valence-corrected chi connectivity index (χ1v) is 6.75. The van der Waals surface area contributed by atoms with Gasteiger partial charge >= 0.3 is 0 Å². The molecule has 102 valence electrons. The van der Waals surface area contributed by atoms with Crippen LogP contribution in [0.15, 0.2) is 12.1 Å². The molecule has 19 heavy (non-hydrogen) atoms. The molecular formula is C15H19NO3. The molecule has 1 aliphatic heterocycles. The molecule has 0 unspecified atom stereocenters. The molecule has 0 saturated heterocycles. The van der Waals surface area contributed by atoms with Crippen molar-refractivity contribution < 1.29 is 14.3 Å². The number of nitrogens with one attached hydrogen (secondary N) is 1. The normalized spacial score (nSPS) is 20.0. The van der Waals surface area contributed by atoms with E-state index in [1.54, 1.807) is 20.3 Å². The fourth-order valence-corrected chi connectivity index (χ4v) is 3.35. The van der Waals surface area contributed by atoms with Gasteiger partial charge in [-0.2, -0.15) is 0 Å². The number of benzene rings is 1. The van der Waals surface area contributed by atoms with E-state index in [0.29, 0.717) is 11.5 Å². The van der Waals surface area contributed by atoms with E-state index in [1.165, 1.54) is 12.8 Å². The van der Waals surface area contributed by atoms with Crippen molar-refractivity contribution in [3.05, 3.63) is 23.3 Å². The third kappa shape index (κ3) is 1.95. The van der Waals surface area contributed by atoms with Gasteiger partial charge in [-0.25, -0.2) is 0 Å². The predicted octanol–water partition coefficient (Wildman–Crippen LogP) is 2.30. The number of carbonyl (C=O) groups is 1. The number of carbonyl (C=O) groups excluding carboxylic acids is 1. The van der Waals surface area contributed by atoms with E-state index < -0.39 is 0 Å². The molecule has 3 rings (SSSR count). The number of fused-ring (bicyclic) bond motifs is 1. The molecule has 1 aromatic rings. The Morgan fingerprint density at radius 2 is 1.74 bits per heavy atom. The van der Waals surface area contributed by atoms with Crippen LogP contribution in [0.3, 0.4) is 0 Å². The van der Waals surface area contributed by atoms with Gasteiger partial charge in [0.2, 0.25) is 0 Å². The van der Waals surface area contributed by atoms with E-state index in [-0.39, 0.29) is 11.4 Å². The SMILES string of the molecule is COc1cc2c(cc1OC)C(=O)NC1(CCCC1)C2. The number of ether oxygens (including phenoxy) is 2. The Morgan fingerprint density at radius 1 is 1.11 bits per heavy atom. The number of rotatable bonds is 2. The third-order valence-corrected chi connectivity index (χ3v) is 4.32. The van der Waals surface area contributed by atoms with Gasteiger partial charge in [0.25, 0.3) is 5.91 Å². The van der Waals surface area contributed by atoms with E-state index in [4.69, 9.17) is 9.47 Å². The van der Waals surface area contributed by atoms with Gasteiger partial charge in [-0.15, -0.1) is 0 Å². The molecule has 1 aromatic carbocycles. The molecule has 1 aliphatic carbocycles. The van der Waals surface area contributed by atoms with Crippen LogP contribution in [-0.2, 0) is 6.42 Å². The summed E-state index contributed by atoms with van der Waals surface area (Å²) in [7, 11) is 3.21. The highest BCUT2D eigenvalue weighted by molar-refractivity contribution is 5.98. The van der Waals surface area contributed by atoms with Gasteiger partial charge < -0.3 is 14.8 Å². The molecule has 1 heterocycles. The highest BCUT2D eigenvalue weighted by Crippen LogP contribution is 2.40. The highest BCUT2D eigenvalue weighted by atomic mass is 16.5. The Morgan fingerprint density at radius 3 is 2.37 bits per heavy atom. The minimum Gasteiger partial charge on any atom is -0.493 e. The molecule has 0 radical (unpaired) electrons. The molecule has 4 nitrogen and oxygen atoms in total. The maximum atomic E-state index is 12.3. The van der Waals surface area contributed by atoms with E-state index in [1.807, 2.05) is 6.07 Å². The second kappa shape index (κ2) is 4.44. The summed E-state index contributed by atoms with van der Waals surface area (Å²) >= 11 is 0. The Kier molecular flexibility index (Phi) is 2.88. The zero-order chi connectivity index (χ0) is 13.5. The maximum Gasteiger partial charge on any atom is 0.252 e. The topological polar surface area (TPSA) is 47.6 Å². The third-order valence-electron chi connectivity index (χ3n) is 4.32. The van der Waals surface area contributed by atoms with E-state index in [9.17, 15) is 4.79 Å². The summed E-state index contributed by atoms with van der Waals surface area (Å²) in [4.78, 5) is 12.3. The number of methoxy groups -OCH3 is 2. The lowest BCUT2D eigenvalue weighted by Crippen LogP contribution is -2.51. The van der Waals surface area contributed by atoms with Crippen molar-refractivity contribution in [1.29, 1.82) is 0 Å². The molecule has 0 bridgehead atoms. The van der Waals surface area contributed by atoms with Gasteiger partial charge in [0.05, 0.1) is 14.2 Å². The zero-order valence-corrected chi connectivity index (χ0v) is 11.4. The summed E-state index contributed by atoms with van der Waals surface area (Å²) < 4.78 is 10.6. The first kappa shape index (κ1) is 12.3. The van der Waals surface area contributed by atoms with Crippen LogP contribution in [0, 0.1) is 0 Å². The number of hydrogen-bond acceptors (Lipinski definition) is 3. The van der Waals surface area contributed by atoms with E-state index >= 15 is 0 Å². The zero-order valence-electron chi connectivity index (χ0n) is 11.4. The van der Waals surface area contributed by atoms with Crippen molar-refractivity contribution in [2.24, 2.45) is 0 Å². The first-order chi connectivity index (χ1) is 9.17. The van der Waals surface area contributed by atoms with Crippen molar-refractivity contribution in [2.75, 3.05) is 14.2 Å². The standard InChI is InChI=1S/C15H19NO3/c1-18-12-7-10-9-15(5-3-4-6-15)16-14(17)11(10)8-13(12)19-2/h7-8H,3-6,9H2,1-2H3,(H,16,17). The van der Waals surface area contributed by atoms with Crippen LogP contribution in [0.1, 0.15) is 41.6 Å². The van der Waals surface area contributed by atoms with Crippen LogP contribution >= 0.6 is 0 Å². The van der Waals surface area contributed by atoms with Crippen LogP contribution < -0.4 is 14.8 Å². The van der Waals surface area contributed by atoms with E-state index in [2.05, 4.69) is 5.32 Å². The van der Waals surface area contributed by atoms with Crippen LogP contribution in [0.2, 0.25) is 0 Å². The molecule has 1 N–H and O–H groups in total. The molecule has 0 atom stereocenters. The van der Waals surface area contributed by atoms with Gasteiger partial charge in [-0.05, 0) is 37.0 Å². The lowest BCUT2D eigenvalue weighted by Gasteiger charge is -2.35. The summed E-state index contributed by atoms with van der Waals surface area (Å²) in [5.41, 5.74) is 1.77. The molecular weight excluding hydrogens is 242 g/mol. The van der Waals surface area contributed by atoms with Crippen molar-refractivity contribution >= 4 is 5.91 Å². The molecule has 0 aromatic heterocycles. The number of amides is 1. The maximum absolute atomic E-state index is 12.3. The molecule has 2 aliphatic rings. The van der Waals surface area contributed by atoms with Gasteiger partial charge in [0, 0.05) is 11.1 Å². The average molecular weight is 261 g/mol. The minimum absolute atomic E-state index is 0.0177. The fourth-order valence-electron chi connectivity index (χ4n) is 3.35. The van der Waals surface area contributed by atoms with Gasteiger partial charge in [0.15, 0.2) is 11.5 Å². The van der Waals surface area contributed by atoms with Gasteiger partial charge in [0.1, 0.15) is 0 Å². The second-order valence-electron chi connectivity index (χ2n) is 5.48. The summed E-state index contributed by atoms with van der Waals surface area (Å²) in [5.74, 6) is 1.33. The monoisotopic (exact) mass is 261 g/mol. The van der Waals surface area contributed by atoms with Crippen LogP contribution in [0.4, 0.5) is 0 Å². The molecule has 1 saturated carbocycles. The van der Waals surface area contributed by atoms with Crippen molar-refractivity contribution in [3.63, 3.8) is 0 Å². The van der Waals surface area contributed by atoms with Crippen LogP contribution in [0.25, 0.3) is 0 Å². The van der Waals surface area contributed by atoms with Crippen molar-refractivity contribution in [1.82, 2.24) is 5.32 Å². The Hall–Kier alpha value is -1.71. The quantitative estimate of drug-likeness (QED) is 0.888. The summed E-state index contributed by atoms with van der Waals surface area (Å²) in [6, 6.07) is 3.73. The smallest absolute Gasteiger partial charge is 0.252 e. The number of hydrogen-bond donors (Lipinski definition) is 1. The summed E-state index contributed by atoms with van der Waals surface area (Å²) in [5, 5.41) is 3.20. The Balaban J connectivity index is 2.04. The average Bonchev–Trinajstić information content (AvgIpc) is 2.85. The highest BCUT2D eigenvalue weighted by Gasteiger charge is 2.40. The van der Waals surface area contributed by atoms with Crippen LogP contribution in [0.5, 0.6) is 11.5 Å². The molecule has 1 spiro atoms. The van der Waals surface area contributed by atoms with E-state index in [0.717, 1.165) is 30.4 Å². The molecule has 1 fully saturated rings. The first-order valence-electron chi connectivity index (χ1n) is 6.75. The Bertz CT molecular complexity index is 518. The fraction of sp³-hybridized carbons (Fsp3) is 0.533. The van der Waals surface area contributed by atoms with Crippen molar-refractivity contribution in [2.45, 2.75) is 37.6 Å². The molecule has 4 heteroatoms. The summed E-state index contributed by atoms with van der Waals surface area (Å²) in [6.07, 6.45) is 5.44. The van der Waals surface area contributed by atoms with Crippen LogP contribution in [-0.4, -0.2) is 25.7 Å². The molecule has 1 amide bonds. The van der Waals surface area contributed by atoms with Gasteiger partial charge in [-0.1, -0.05) is 12.8 Å². The predicted molar refractivity (Wildman–Crippen MR) is 71.9 cm³/mol. The lowest BCUT2D eigenvalue weighted by atomic mass is 9.83. The van der Waals surface area contributed by atoms with Crippen molar-refractivity contribution in [3.8, 4) is 11.5 Å². The largest absolute Gasteiger partial charge is 0.493 e. The second-order valence-corrected chi connectivity index (χ2v) is 5.48. The lowest BCUT2D eigenvalue weighted by molar-refractivity contribution is 0.0880.